The first-order chi connectivity index (χ1) is 21.9. The Balaban J connectivity index is 0.000000380. The van der Waals surface area contributed by atoms with Gasteiger partial charge in [0.2, 0.25) is 0 Å². The molecular formula is C38H66DyN7Si2. The molecule has 0 unspecified atom stereocenters. The standard InChI is InChI=1S/2C16H24N3.C6H18NSi2.Dy/c2*1-13-5-6-14(2)18(13)11-9-17-10-12-19-15(3)7-8-16(19)4;1-8(2,3)7-9(4,5)6;/h2*5-8H,9-12H2,1-4H3;1-6H3;/q3*-1;+3. The second-order valence-electron chi connectivity index (χ2n) is 14.9. The van der Waals surface area contributed by atoms with Gasteiger partial charge in [-0.05, 0) is 104 Å². The van der Waals surface area contributed by atoms with E-state index >= 15 is 0 Å². The third-order valence-electron chi connectivity index (χ3n) is 8.27. The Labute approximate surface area is 326 Å². The van der Waals surface area contributed by atoms with E-state index in [0.29, 0.717) is 0 Å². The fourth-order valence-corrected chi connectivity index (χ4v) is 14.2. The average molecular weight is 840 g/mol. The predicted molar refractivity (Wildman–Crippen MR) is 212 cm³/mol. The van der Waals surface area contributed by atoms with E-state index in [0.717, 1.165) is 52.4 Å². The number of aryl methyl sites for hydroxylation is 8. The van der Waals surface area contributed by atoms with Crippen molar-refractivity contribution in [3.05, 3.63) is 109 Å². The summed E-state index contributed by atoms with van der Waals surface area (Å²) in [4.78, 5) is 0. The van der Waals surface area contributed by atoms with Crippen LogP contribution in [0.5, 0.6) is 0 Å². The molecule has 4 aromatic heterocycles. The number of hydrogen-bond acceptors (Lipinski definition) is 0. The number of nitrogens with zero attached hydrogens (tertiary/aromatic N) is 7. The minimum atomic E-state index is -1.11. The molecule has 0 saturated carbocycles. The van der Waals surface area contributed by atoms with E-state index in [2.05, 4.69) is 172 Å². The van der Waals surface area contributed by atoms with Gasteiger partial charge in [0.25, 0.3) is 0 Å². The van der Waals surface area contributed by atoms with E-state index in [1.807, 2.05) is 0 Å². The van der Waals surface area contributed by atoms with Crippen LogP contribution in [0, 0.1) is 93.6 Å². The molecule has 0 aliphatic rings. The second kappa shape index (κ2) is 21.2. The van der Waals surface area contributed by atoms with Crippen molar-refractivity contribution >= 4 is 16.5 Å². The third-order valence-corrected chi connectivity index (χ3v) is 13.6. The molecule has 4 aromatic rings. The zero-order chi connectivity index (χ0) is 35.4. The van der Waals surface area contributed by atoms with Gasteiger partial charge < -0.3 is 33.5 Å². The largest absolute Gasteiger partial charge is 3.00 e. The van der Waals surface area contributed by atoms with Crippen LogP contribution in [0.1, 0.15) is 45.6 Å². The summed E-state index contributed by atoms with van der Waals surface area (Å²) in [6.07, 6.45) is 0. The van der Waals surface area contributed by atoms with Gasteiger partial charge in [-0.2, -0.15) is 0 Å². The molecule has 4 heterocycles. The molecule has 0 amide bonds. The summed E-state index contributed by atoms with van der Waals surface area (Å²) in [5, 5.41) is 9.29. The maximum atomic E-state index is 4.82. The van der Waals surface area contributed by atoms with Crippen molar-refractivity contribution in [2.75, 3.05) is 26.2 Å². The van der Waals surface area contributed by atoms with Crippen LogP contribution in [0.4, 0.5) is 0 Å². The first-order valence-electron chi connectivity index (χ1n) is 17.4. The van der Waals surface area contributed by atoms with Crippen LogP contribution >= 0.6 is 0 Å². The van der Waals surface area contributed by atoms with Crippen LogP contribution in [0.2, 0.25) is 39.3 Å². The van der Waals surface area contributed by atoms with Gasteiger partial charge in [0.15, 0.2) is 0 Å². The van der Waals surface area contributed by atoms with E-state index in [9.17, 15) is 0 Å². The zero-order valence-electron chi connectivity index (χ0n) is 32.7. The molecule has 0 saturated heterocycles. The molecule has 0 atom stereocenters. The Bertz CT molecular complexity index is 1200. The van der Waals surface area contributed by atoms with Gasteiger partial charge in [-0.3, -0.25) is 0 Å². The van der Waals surface area contributed by atoms with Crippen LogP contribution in [-0.4, -0.2) is 60.9 Å². The molecule has 7 nitrogen and oxygen atoms in total. The van der Waals surface area contributed by atoms with Crippen molar-refractivity contribution < 1.29 is 38.2 Å². The van der Waals surface area contributed by atoms with Crippen molar-refractivity contribution in [3.8, 4) is 0 Å². The van der Waals surface area contributed by atoms with Crippen molar-refractivity contribution in [2.24, 2.45) is 0 Å². The monoisotopic (exact) mass is 840 g/mol. The Morgan fingerprint density at radius 2 is 0.542 bits per heavy atom. The summed E-state index contributed by atoms with van der Waals surface area (Å²) in [5.74, 6) is 0. The minimum absolute atomic E-state index is 0. The second-order valence-corrected chi connectivity index (χ2v) is 24.4. The fourth-order valence-electron chi connectivity index (χ4n) is 6.12. The summed E-state index contributed by atoms with van der Waals surface area (Å²) in [5.41, 5.74) is 10.6. The quantitative estimate of drug-likeness (QED) is 0.0897. The van der Waals surface area contributed by atoms with Crippen LogP contribution in [0.3, 0.4) is 0 Å². The molecule has 48 heavy (non-hydrogen) atoms. The van der Waals surface area contributed by atoms with Gasteiger partial charge in [-0.15, -0.1) is 26.2 Å². The summed E-state index contributed by atoms with van der Waals surface area (Å²) in [6, 6.07) is 17.3. The molecule has 271 valence electrons. The van der Waals surface area contributed by atoms with E-state index < -0.39 is 16.5 Å². The number of hydrogen-bond donors (Lipinski definition) is 0. The van der Waals surface area contributed by atoms with Crippen LogP contribution in [-0.2, 0) is 26.2 Å². The maximum Gasteiger partial charge on any atom is 3.00 e. The smallest absolute Gasteiger partial charge is 0.668 e. The molecule has 0 aromatic carbocycles. The van der Waals surface area contributed by atoms with Gasteiger partial charge in [0, 0.05) is 71.7 Å². The Morgan fingerprint density at radius 1 is 0.375 bits per heavy atom. The van der Waals surface area contributed by atoms with Gasteiger partial charge in [-0.25, -0.2) is 0 Å². The molecule has 0 aliphatic heterocycles. The zero-order valence-corrected chi connectivity index (χ0v) is 36.8. The summed E-state index contributed by atoms with van der Waals surface area (Å²) >= 11 is 0. The predicted octanol–water partition coefficient (Wildman–Crippen LogP) is 10.2. The average Bonchev–Trinajstić information content (AvgIpc) is 3.67. The molecular weight excluding hydrogens is 773 g/mol. The molecule has 4 rings (SSSR count). The molecule has 0 N–H and O–H groups in total. The molecule has 1 radical (unpaired) electrons. The molecule has 0 fully saturated rings. The van der Waals surface area contributed by atoms with Crippen molar-refractivity contribution in [1.82, 2.24) is 18.3 Å². The van der Waals surface area contributed by atoms with E-state index in [1.54, 1.807) is 0 Å². The van der Waals surface area contributed by atoms with E-state index in [-0.39, 0.29) is 38.2 Å². The van der Waals surface area contributed by atoms with Crippen molar-refractivity contribution in [2.45, 2.75) is 121 Å². The van der Waals surface area contributed by atoms with Gasteiger partial charge >= 0.3 is 38.2 Å². The summed E-state index contributed by atoms with van der Waals surface area (Å²) in [6.45, 7) is 38.6. The topological polar surface area (TPSA) is 62.0 Å². The number of rotatable bonds is 14. The summed E-state index contributed by atoms with van der Waals surface area (Å²) < 4.78 is 14.1. The van der Waals surface area contributed by atoms with E-state index in [4.69, 9.17) is 4.65 Å². The van der Waals surface area contributed by atoms with Crippen LogP contribution in [0.25, 0.3) is 15.3 Å². The Hall–Kier alpha value is -1.29. The minimum Gasteiger partial charge on any atom is -0.668 e. The van der Waals surface area contributed by atoms with Crippen molar-refractivity contribution in [3.63, 3.8) is 0 Å². The van der Waals surface area contributed by atoms with Crippen molar-refractivity contribution in [1.29, 1.82) is 0 Å². The van der Waals surface area contributed by atoms with Crippen LogP contribution < -0.4 is 0 Å². The Kier molecular flexibility index (Phi) is 19.7. The van der Waals surface area contributed by atoms with Gasteiger partial charge in [0.1, 0.15) is 0 Å². The van der Waals surface area contributed by atoms with Crippen LogP contribution in [0.15, 0.2) is 48.5 Å². The normalized spacial score (nSPS) is 11.5. The molecule has 0 bridgehead atoms. The summed E-state index contributed by atoms with van der Waals surface area (Å²) in [7, 11) is -2.21. The molecule has 0 spiro atoms. The maximum absolute atomic E-state index is 4.82. The fraction of sp³-hybridized carbons (Fsp3) is 0.579. The molecule has 0 aliphatic carbocycles. The number of aromatic nitrogens is 4. The first kappa shape index (κ1) is 44.7. The third kappa shape index (κ3) is 16.2. The Morgan fingerprint density at radius 3 is 0.667 bits per heavy atom. The van der Waals surface area contributed by atoms with Gasteiger partial charge in [0.05, 0.1) is 0 Å². The first-order valence-corrected chi connectivity index (χ1v) is 24.3. The molecule has 10 heteroatoms. The van der Waals surface area contributed by atoms with E-state index in [1.165, 1.54) is 45.6 Å². The van der Waals surface area contributed by atoms with Gasteiger partial charge in [-0.1, -0.05) is 55.8 Å². The SMILES string of the molecule is C[Si](C)(C)[N-][Si](C)(C)C.Cc1ccc(C)n1CC[N-]CCn1c(C)ccc1C.Cc1ccc(C)n1CC[N-]CCn1c(C)ccc1C.[Dy+3].